The van der Waals surface area contributed by atoms with E-state index in [4.69, 9.17) is 4.74 Å². The van der Waals surface area contributed by atoms with Crippen LogP contribution in [0.4, 0.5) is 5.69 Å². The van der Waals surface area contributed by atoms with Crippen LogP contribution in [0.5, 0.6) is 5.75 Å². The van der Waals surface area contributed by atoms with Crippen molar-refractivity contribution < 1.29 is 19.2 Å². The molecular weight excluding hydrogens is 436 g/mol. The number of ether oxygens (including phenoxy) is 1. The van der Waals surface area contributed by atoms with Crippen LogP contribution in [0.1, 0.15) is 26.3 Å². The van der Waals surface area contributed by atoms with Crippen molar-refractivity contribution in [3.05, 3.63) is 124 Å². The first-order chi connectivity index (χ1) is 16.5. The Morgan fingerprint density at radius 3 is 2.29 bits per heavy atom. The number of hydrazone groups is 1. The molecule has 0 fully saturated rings. The second-order valence-corrected chi connectivity index (χ2v) is 7.01. The second kappa shape index (κ2) is 10.0. The van der Waals surface area contributed by atoms with Gasteiger partial charge in [-0.1, -0.05) is 36.4 Å². The van der Waals surface area contributed by atoms with Gasteiger partial charge in [0.25, 0.3) is 11.6 Å². The van der Waals surface area contributed by atoms with Crippen molar-refractivity contribution in [2.45, 2.75) is 0 Å². The number of nitrogens with zero attached hydrogens (tertiary/aromatic N) is 3. The predicted octanol–water partition coefficient (Wildman–Crippen LogP) is 4.37. The molecule has 1 aromatic heterocycles. The molecule has 9 nitrogen and oxygen atoms in total. The van der Waals surface area contributed by atoms with Crippen molar-refractivity contribution in [3.63, 3.8) is 0 Å². The fourth-order valence-electron chi connectivity index (χ4n) is 3.25. The van der Waals surface area contributed by atoms with Crippen LogP contribution >= 0.6 is 0 Å². The van der Waals surface area contributed by atoms with Crippen molar-refractivity contribution in [3.8, 4) is 11.4 Å². The molecule has 9 heteroatoms. The fraction of sp³-hybridized carbons (Fsp3) is 0. The zero-order valence-corrected chi connectivity index (χ0v) is 17.7. The number of amides is 1. The molecule has 0 unspecified atom stereocenters. The molecule has 1 heterocycles. The molecular formula is C25H18N4O5. The zero-order valence-electron chi connectivity index (χ0n) is 17.7. The van der Waals surface area contributed by atoms with Gasteiger partial charge in [0, 0.05) is 24.0 Å². The first kappa shape index (κ1) is 22.2. The predicted molar refractivity (Wildman–Crippen MR) is 125 cm³/mol. The number of nitro benzene ring substituents is 1. The first-order valence-corrected chi connectivity index (χ1v) is 10.1. The zero-order chi connectivity index (χ0) is 23.9. The van der Waals surface area contributed by atoms with E-state index in [0.29, 0.717) is 16.8 Å². The average molecular weight is 454 g/mol. The Hall–Kier alpha value is -5.05. The highest BCUT2D eigenvalue weighted by molar-refractivity contribution is 5.99. The molecule has 4 aromatic rings. The molecule has 0 saturated carbocycles. The average Bonchev–Trinajstić information content (AvgIpc) is 3.40. The largest absolute Gasteiger partial charge is 0.422 e. The summed E-state index contributed by atoms with van der Waals surface area (Å²) in [6.07, 6.45) is 4.99. The van der Waals surface area contributed by atoms with Gasteiger partial charge in [0.05, 0.1) is 22.4 Å². The van der Waals surface area contributed by atoms with Crippen LogP contribution in [0, 0.1) is 10.1 Å². The third kappa shape index (κ3) is 4.89. The monoisotopic (exact) mass is 454 g/mol. The summed E-state index contributed by atoms with van der Waals surface area (Å²) in [4.78, 5) is 35.8. The van der Waals surface area contributed by atoms with Gasteiger partial charge in [0.2, 0.25) is 0 Å². The number of rotatable bonds is 7. The molecule has 0 spiro atoms. The van der Waals surface area contributed by atoms with Crippen LogP contribution in [-0.4, -0.2) is 27.6 Å². The highest BCUT2D eigenvalue weighted by Crippen LogP contribution is 2.22. The van der Waals surface area contributed by atoms with Crippen molar-refractivity contribution in [1.82, 2.24) is 9.99 Å². The number of carbonyl (C=O) groups is 2. The lowest BCUT2D eigenvalue weighted by atomic mass is 10.1. The summed E-state index contributed by atoms with van der Waals surface area (Å²) in [5, 5.41) is 15.2. The van der Waals surface area contributed by atoms with Crippen molar-refractivity contribution >= 4 is 23.8 Å². The number of hydrogen-bond acceptors (Lipinski definition) is 6. The van der Waals surface area contributed by atoms with E-state index in [1.54, 1.807) is 30.3 Å². The molecule has 0 aliphatic heterocycles. The Bertz CT molecular complexity index is 1380. The van der Waals surface area contributed by atoms with Crippen molar-refractivity contribution in [1.29, 1.82) is 0 Å². The molecule has 168 valence electrons. The Balaban J connectivity index is 1.50. The lowest BCUT2D eigenvalue weighted by Crippen LogP contribution is -2.19. The number of benzene rings is 3. The van der Waals surface area contributed by atoms with Crippen LogP contribution in [0.3, 0.4) is 0 Å². The van der Waals surface area contributed by atoms with E-state index < -0.39 is 16.8 Å². The molecule has 0 aliphatic carbocycles. The summed E-state index contributed by atoms with van der Waals surface area (Å²) in [7, 11) is 0. The Morgan fingerprint density at radius 1 is 0.882 bits per heavy atom. The van der Waals surface area contributed by atoms with E-state index >= 15 is 0 Å². The molecule has 3 aromatic carbocycles. The minimum atomic E-state index is -0.877. The minimum absolute atomic E-state index is 0.136. The van der Waals surface area contributed by atoms with Gasteiger partial charge in [-0.25, -0.2) is 10.2 Å². The van der Waals surface area contributed by atoms with Gasteiger partial charge in [0.15, 0.2) is 0 Å². The van der Waals surface area contributed by atoms with Gasteiger partial charge >= 0.3 is 5.97 Å². The van der Waals surface area contributed by atoms with E-state index in [0.717, 1.165) is 0 Å². The SMILES string of the molecule is O=C(NN=Cc1ccccc1OC(=O)c1ccccc1[N+](=O)[O-])c1ccccc1-n1cccc1. The smallest absolute Gasteiger partial charge is 0.350 e. The number of nitro groups is 1. The van der Waals surface area contributed by atoms with E-state index in [9.17, 15) is 19.7 Å². The maximum atomic E-state index is 12.7. The molecule has 1 N–H and O–H groups in total. The van der Waals surface area contributed by atoms with Gasteiger partial charge in [-0.05, 0) is 42.5 Å². The van der Waals surface area contributed by atoms with E-state index in [-0.39, 0.29) is 17.0 Å². The topological polar surface area (TPSA) is 116 Å². The second-order valence-electron chi connectivity index (χ2n) is 7.01. The highest BCUT2D eigenvalue weighted by atomic mass is 16.6. The first-order valence-electron chi connectivity index (χ1n) is 10.1. The van der Waals surface area contributed by atoms with Crippen LogP contribution in [0.25, 0.3) is 5.69 Å². The summed E-state index contributed by atoms with van der Waals surface area (Å²) in [5.74, 6) is -1.16. The lowest BCUT2D eigenvalue weighted by molar-refractivity contribution is -0.385. The number of hydrogen-bond donors (Lipinski definition) is 1. The molecule has 0 atom stereocenters. The van der Waals surface area contributed by atoms with E-state index in [2.05, 4.69) is 10.5 Å². The molecule has 34 heavy (non-hydrogen) atoms. The molecule has 0 aliphatic rings. The molecule has 4 rings (SSSR count). The van der Waals surface area contributed by atoms with Crippen LogP contribution in [-0.2, 0) is 0 Å². The minimum Gasteiger partial charge on any atom is -0.422 e. The summed E-state index contributed by atoms with van der Waals surface area (Å²) in [5.41, 5.74) is 3.46. The van der Waals surface area contributed by atoms with Gasteiger partial charge < -0.3 is 9.30 Å². The summed E-state index contributed by atoms with van der Waals surface area (Å²) in [6, 6.07) is 22.8. The summed E-state index contributed by atoms with van der Waals surface area (Å²) in [6.45, 7) is 0. The van der Waals surface area contributed by atoms with Crippen LogP contribution in [0.2, 0.25) is 0 Å². The number of carbonyl (C=O) groups excluding carboxylic acids is 2. The highest BCUT2D eigenvalue weighted by Gasteiger charge is 2.21. The van der Waals surface area contributed by atoms with Crippen LogP contribution in [0.15, 0.2) is 102 Å². The number of aromatic nitrogens is 1. The van der Waals surface area contributed by atoms with Gasteiger partial charge in [-0.15, -0.1) is 0 Å². The third-order valence-electron chi connectivity index (χ3n) is 4.84. The maximum Gasteiger partial charge on any atom is 0.350 e. The number of esters is 1. The number of para-hydroxylation sites is 3. The van der Waals surface area contributed by atoms with Crippen molar-refractivity contribution in [2.75, 3.05) is 0 Å². The molecule has 0 radical (unpaired) electrons. The van der Waals surface area contributed by atoms with E-state index in [1.807, 2.05) is 41.2 Å². The summed E-state index contributed by atoms with van der Waals surface area (Å²) < 4.78 is 7.20. The standard InChI is InChI=1S/C25H18N4O5/c30-24(19-10-2-4-12-21(19)28-15-7-8-16-28)27-26-17-18-9-1-6-14-23(18)34-25(31)20-11-3-5-13-22(20)29(32)33/h1-17H,(H,27,30). The Labute approximate surface area is 194 Å². The Kier molecular flexibility index (Phi) is 6.55. The van der Waals surface area contributed by atoms with Gasteiger partial charge in [-0.3, -0.25) is 14.9 Å². The number of nitrogens with one attached hydrogen (secondary N) is 1. The van der Waals surface area contributed by atoms with Crippen molar-refractivity contribution in [2.24, 2.45) is 5.10 Å². The maximum absolute atomic E-state index is 12.7. The van der Waals surface area contributed by atoms with E-state index in [1.165, 1.54) is 36.5 Å². The molecule has 0 saturated heterocycles. The van der Waals surface area contributed by atoms with Crippen LogP contribution < -0.4 is 10.2 Å². The third-order valence-corrected chi connectivity index (χ3v) is 4.84. The fourth-order valence-corrected chi connectivity index (χ4v) is 3.25. The molecule has 1 amide bonds. The van der Waals surface area contributed by atoms with Gasteiger partial charge in [0.1, 0.15) is 11.3 Å². The quantitative estimate of drug-likeness (QED) is 0.146. The summed E-state index contributed by atoms with van der Waals surface area (Å²) >= 11 is 0. The lowest BCUT2D eigenvalue weighted by Gasteiger charge is -2.09. The van der Waals surface area contributed by atoms with Gasteiger partial charge in [-0.2, -0.15) is 5.10 Å². The Morgan fingerprint density at radius 2 is 1.53 bits per heavy atom. The molecule has 0 bridgehead atoms. The normalized spacial score (nSPS) is 10.7.